The minimum Gasteiger partial charge on any atom is -0.550 e. The Labute approximate surface area is 127 Å². The van der Waals surface area contributed by atoms with Crippen LogP contribution in [0, 0.1) is 0 Å². The van der Waals surface area contributed by atoms with Crippen molar-refractivity contribution in [2.24, 2.45) is 0 Å². The van der Waals surface area contributed by atoms with Crippen LogP contribution >= 0.6 is 23.4 Å². The molecular formula is C14H17ClNO3S-. The molecule has 0 aliphatic heterocycles. The predicted molar refractivity (Wildman–Crippen MR) is 78.7 cm³/mol. The molecule has 1 aromatic rings. The van der Waals surface area contributed by atoms with Crippen LogP contribution in [0.5, 0.6) is 0 Å². The zero-order valence-electron chi connectivity index (χ0n) is 11.1. The van der Waals surface area contributed by atoms with Gasteiger partial charge in [0, 0.05) is 22.4 Å². The number of halogens is 1. The second-order valence-corrected chi connectivity index (χ2v) is 5.76. The second kappa shape index (κ2) is 9.66. The molecule has 1 aromatic carbocycles. The third-order valence-electron chi connectivity index (χ3n) is 2.56. The van der Waals surface area contributed by atoms with E-state index in [1.54, 1.807) is 12.1 Å². The quantitative estimate of drug-likeness (QED) is 0.558. The molecule has 0 aromatic heterocycles. The highest BCUT2D eigenvalue weighted by Gasteiger charge is 2.02. The van der Waals surface area contributed by atoms with Crippen LogP contribution in [-0.4, -0.2) is 24.2 Å². The van der Waals surface area contributed by atoms with Gasteiger partial charge in [-0.05, 0) is 43.5 Å². The number of rotatable bonds is 9. The maximum atomic E-state index is 11.6. The lowest BCUT2D eigenvalue weighted by Crippen LogP contribution is -2.26. The lowest BCUT2D eigenvalue weighted by Gasteiger charge is -2.06. The zero-order valence-corrected chi connectivity index (χ0v) is 12.6. The molecule has 20 heavy (non-hydrogen) atoms. The van der Waals surface area contributed by atoms with Gasteiger partial charge < -0.3 is 15.2 Å². The summed E-state index contributed by atoms with van der Waals surface area (Å²) in [5.41, 5.74) is 0. The molecule has 0 heterocycles. The van der Waals surface area contributed by atoms with E-state index in [1.165, 1.54) is 11.8 Å². The Morgan fingerprint density at radius 1 is 1.15 bits per heavy atom. The minimum absolute atomic E-state index is 0.0233. The normalized spacial score (nSPS) is 10.2. The first kappa shape index (κ1) is 16.9. The predicted octanol–water partition coefficient (Wildman–Crippen LogP) is 1.86. The number of aliphatic carboxylic acids is 1. The molecule has 0 atom stereocenters. The number of hydrogen-bond donors (Lipinski definition) is 1. The summed E-state index contributed by atoms with van der Waals surface area (Å²) in [5.74, 6) is -0.682. The summed E-state index contributed by atoms with van der Waals surface area (Å²) in [4.78, 5) is 22.8. The van der Waals surface area contributed by atoms with Crippen molar-refractivity contribution in [2.75, 3.05) is 12.3 Å². The fraction of sp³-hybridized carbons (Fsp3) is 0.429. The molecule has 0 bridgehead atoms. The van der Waals surface area contributed by atoms with Gasteiger partial charge in [0.15, 0.2) is 0 Å². The van der Waals surface area contributed by atoms with E-state index in [2.05, 4.69) is 5.32 Å². The molecule has 0 aliphatic rings. The van der Waals surface area contributed by atoms with Crippen LogP contribution in [0.3, 0.4) is 0 Å². The Morgan fingerprint density at radius 3 is 2.50 bits per heavy atom. The smallest absolute Gasteiger partial charge is 0.230 e. The summed E-state index contributed by atoms with van der Waals surface area (Å²) in [6, 6.07) is 7.33. The number of carbonyl (C=O) groups is 2. The van der Waals surface area contributed by atoms with Gasteiger partial charge in [0.2, 0.25) is 5.91 Å². The molecule has 0 unspecified atom stereocenters. The molecule has 4 nitrogen and oxygen atoms in total. The third-order valence-corrected chi connectivity index (χ3v) is 3.83. The van der Waals surface area contributed by atoms with Crippen LogP contribution in [0.1, 0.15) is 25.7 Å². The van der Waals surface area contributed by atoms with Crippen molar-refractivity contribution in [3.8, 4) is 0 Å². The topological polar surface area (TPSA) is 69.2 Å². The van der Waals surface area contributed by atoms with Crippen molar-refractivity contribution < 1.29 is 14.7 Å². The van der Waals surface area contributed by atoms with Crippen LogP contribution < -0.4 is 10.4 Å². The van der Waals surface area contributed by atoms with Gasteiger partial charge in [-0.15, -0.1) is 11.8 Å². The fourth-order valence-corrected chi connectivity index (χ4v) is 2.38. The Bertz CT molecular complexity index is 437. The van der Waals surface area contributed by atoms with Crippen molar-refractivity contribution in [3.63, 3.8) is 0 Å². The maximum absolute atomic E-state index is 11.6. The van der Waals surface area contributed by atoms with Crippen LogP contribution in [-0.2, 0) is 9.59 Å². The summed E-state index contributed by atoms with van der Waals surface area (Å²) >= 11 is 7.23. The number of nitrogens with one attached hydrogen (secondary N) is 1. The highest BCUT2D eigenvalue weighted by molar-refractivity contribution is 8.00. The molecule has 0 fully saturated rings. The number of thioether (sulfide) groups is 1. The lowest BCUT2D eigenvalue weighted by molar-refractivity contribution is -0.305. The van der Waals surface area contributed by atoms with Gasteiger partial charge in [-0.25, -0.2) is 0 Å². The monoisotopic (exact) mass is 314 g/mol. The summed E-state index contributed by atoms with van der Waals surface area (Å²) in [5, 5.41) is 13.7. The van der Waals surface area contributed by atoms with E-state index in [1.807, 2.05) is 12.1 Å². The number of amides is 1. The zero-order chi connectivity index (χ0) is 14.8. The Morgan fingerprint density at radius 2 is 1.85 bits per heavy atom. The summed E-state index contributed by atoms with van der Waals surface area (Å²) < 4.78 is 0. The fourth-order valence-electron chi connectivity index (χ4n) is 1.53. The van der Waals surface area contributed by atoms with E-state index < -0.39 is 5.97 Å². The van der Waals surface area contributed by atoms with Gasteiger partial charge in [-0.3, -0.25) is 4.79 Å². The van der Waals surface area contributed by atoms with E-state index >= 15 is 0 Å². The van der Waals surface area contributed by atoms with E-state index in [4.69, 9.17) is 11.6 Å². The summed E-state index contributed by atoms with van der Waals surface area (Å²) in [7, 11) is 0. The summed E-state index contributed by atoms with van der Waals surface area (Å²) in [6.45, 7) is 0.576. The van der Waals surface area contributed by atoms with Gasteiger partial charge >= 0.3 is 0 Å². The molecule has 0 saturated heterocycles. The van der Waals surface area contributed by atoms with Crippen molar-refractivity contribution in [1.82, 2.24) is 5.32 Å². The highest BCUT2D eigenvalue weighted by atomic mass is 35.5. The van der Waals surface area contributed by atoms with E-state index in [0.717, 1.165) is 17.7 Å². The number of hydrogen-bond acceptors (Lipinski definition) is 4. The largest absolute Gasteiger partial charge is 0.550 e. The molecular weight excluding hydrogens is 298 g/mol. The maximum Gasteiger partial charge on any atom is 0.230 e. The first-order valence-corrected chi connectivity index (χ1v) is 7.79. The molecule has 0 radical (unpaired) electrons. The molecule has 0 spiro atoms. The summed E-state index contributed by atoms with van der Waals surface area (Å²) in [6.07, 6.45) is 2.24. The molecule has 0 saturated carbocycles. The standard InChI is InChI=1S/C14H18ClNO3S/c15-11-5-7-12(8-6-11)20-10-13(17)16-9-3-1-2-4-14(18)19/h5-8H,1-4,9-10H2,(H,16,17)(H,18,19)/p-1. The van der Waals surface area contributed by atoms with E-state index in [-0.39, 0.29) is 12.3 Å². The average molecular weight is 315 g/mol. The van der Waals surface area contributed by atoms with Crippen molar-refractivity contribution in [3.05, 3.63) is 29.3 Å². The average Bonchev–Trinajstić information content (AvgIpc) is 2.41. The van der Waals surface area contributed by atoms with Crippen molar-refractivity contribution in [1.29, 1.82) is 0 Å². The Kier molecular flexibility index (Phi) is 8.14. The van der Waals surface area contributed by atoms with Gasteiger partial charge in [0.05, 0.1) is 5.75 Å². The van der Waals surface area contributed by atoms with E-state index in [9.17, 15) is 14.7 Å². The van der Waals surface area contributed by atoms with E-state index in [0.29, 0.717) is 23.7 Å². The first-order chi connectivity index (χ1) is 9.58. The van der Waals surface area contributed by atoms with Crippen LogP contribution in [0.25, 0.3) is 0 Å². The second-order valence-electron chi connectivity index (χ2n) is 4.28. The van der Waals surface area contributed by atoms with Crippen LogP contribution in [0.15, 0.2) is 29.2 Å². The molecule has 1 amide bonds. The number of benzene rings is 1. The molecule has 6 heteroatoms. The van der Waals surface area contributed by atoms with Gasteiger partial charge in [-0.1, -0.05) is 18.0 Å². The number of carbonyl (C=O) groups excluding carboxylic acids is 2. The minimum atomic E-state index is -1.02. The van der Waals surface area contributed by atoms with Crippen molar-refractivity contribution >= 4 is 35.2 Å². The first-order valence-electron chi connectivity index (χ1n) is 6.43. The lowest BCUT2D eigenvalue weighted by atomic mass is 10.2. The number of unbranched alkanes of at least 4 members (excludes halogenated alkanes) is 2. The molecule has 1 N–H and O–H groups in total. The molecule has 1 rings (SSSR count). The third kappa shape index (κ3) is 8.07. The van der Waals surface area contributed by atoms with Crippen LogP contribution in [0.2, 0.25) is 5.02 Å². The molecule has 110 valence electrons. The Hall–Kier alpha value is -1.20. The van der Waals surface area contributed by atoms with Gasteiger partial charge in [0.1, 0.15) is 0 Å². The van der Waals surface area contributed by atoms with Gasteiger partial charge in [0.25, 0.3) is 0 Å². The van der Waals surface area contributed by atoms with Gasteiger partial charge in [-0.2, -0.15) is 0 Å². The van der Waals surface area contributed by atoms with Crippen molar-refractivity contribution in [2.45, 2.75) is 30.6 Å². The highest BCUT2D eigenvalue weighted by Crippen LogP contribution is 2.19. The SMILES string of the molecule is O=C([O-])CCCCCNC(=O)CSc1ccc(Cl)cc1. The van der Waals surface area contributed by atoms with Crippen LogP contribution in [0.4, 0.5) is 0 Å². The number of carboxylic acid groups (broad SMARTS) is 1. The Balaban J connectivity index is 2.06. The number of carboxylic acids is 1. The molecule has 0 aliphatic carbocycles.